The van der Waals surface area contributed by atoms with Crippen molar-refractivity contribution in [3.8, 4) is 28.4 Å². The highest BCUT2D eigenvalue weighted by molar-refractivity contribution is 5.96. The molecule has 8 nitrogen and oxygen atoms in total. The quantitative estimate of drug-likeness (QED) is 0.346. The lowest BCUT2D eigenvalue weighted by Crippen LogP contribution is -2.34. The number of anilines is 1. The van der Waals surface area contributed by atoms with E-state index in [1.165, 1.54) is 6.42 Å². The standard InChI is InChI=1S/C30H30N6O2/c1-31-24-10-6-21(7-11-24)28-29(23-8-12-25-22(15-23)9-13-27(37)35(25)3)36-19-32-16-26(36)30(33-28)38-18-20-5-4-14-34(2)17-20/h6-8,10-12,15-16,19-20H,4-5,9,13-14,17-18H2,2-3H3/t20-/m1/s1. The van der Waals surface area contributed by atoms with Gasteiger partial charge >= 0.3 is 0 Å². The molecule has 6 rings (SSSR count). The van der Waals surface area contributed by atoms with Crippen LogP contribution in [0.4, 0.5) is 11.4 Å². The molecule has 1 atom stereocenters. The zero-order valence-electron chi connectivity index (χ0n) is 21.7. The Morgan fingerprint density at radius 2 is 1.92 bits per heavy atom. The van der Waals surface area contributed by atoms with E-state index < -0.39 is 0 Å². The Labute approximate surface area is 222 Å². The van der Waals surface area contributed by atoms with E-state index in [1.54, 1.807) is 17.4 Å². The normalized spacial score (nSPS) is 17.9. The van der Waals surface area contributed by atoms with Crippen molar-refractivity contribution in [2.75, 3.05) is 38.7 Å². The number of likely N-dealkylation sites (tertiary alicyclic amines) is 1. The van der Waals surface area contributed by atoms with Crippen LogP contribution in [0.1, 0.15) is 24.8 Å². The van der Waals surface area contributed by atoms with Crippen molar-refractivity contribution in [3.63, 3.8) is 0 Å². The minimum atomic E-state index is 0.134. The Hall–Kier alpha value is -4.22. The zero-order valence-corrected chi connectivity index (χ0v) is 21.7. The molecule has 1 fully saturated rings. The minimum absolute atomic E-state index is 0.134. The molecule has 4 heterocycles. The van der Waals surface area contributed by atoms with Crippen molar-refractivity contribution in [3.05, 3.63) is 72.0 Å². The Bertz CT molecular complexity index is 1550. The molecule has 38 heavy (non-hydrogen) atoms. The van der Waals surface area contributed by atoms with Gasteiger partial charge in [0.1, 0.15) is 5.52 Å². The zero-order chi connectivity index (χ0) is 26.2. The van der Waals surface area contributed by atoms with E-state index in [9.17, 15) is 4.79 Å². The van der Waals surface area contributed by atoms with E-state index in [1.807, 2.05) is 47.8 Å². The summed E-state index contributed by atoms with van der Waals surface area (Å²) < 4.78 is 8.44. The van der Waals surface area contributed by atoms with Gasteiger partial charge in [-0.1, -0.05) is 30.3 Å². The average Bonchev–Trinajstić information content (AvgIpc) is 3.43. The maximum absolute atomic E-state index is 12.2. The fraction of sp³-hybridized carbons (Fsp3) is 0.333. The van der Waals surface area contributed by atoms with Gasteiger partial charge in [0.05, 0.1) is 37.1 Å². The molecule has 1 amide bonds. The number of hydrogen-bond donors (Lipinski definition) is 0. The van der Waals surface area contributed by atoms with Gasteiger partial charge in [-0.2, -0.15) is 0 Å². The summed E-state index contributed by atoms with van der Waals surface area (Å²) in [5.41, 5.74) is 7.04. The summed E-state index contributed by atoms with van der Waals surface area (Å²) in [5, 5.41) is 0. The predicted octanol–water partition coefficient (Wildman–Crippen LogP) is 5.24. The molecule has 8 heteroatoms. The minimum Gasteiger partial charge on any atom is -0.476 e. The number of aromatic nitrogens is 3. The number of imidazole rings is 1. The van der Waals surface area contributed by atoms with E-state index in [4.69, 9.17) is 16.3 Å². The molecule has 2 aliphatic rings. The SMILES string of the molecule is [C-]#[N+]c1ccc(-c2nc(OC[C@@H]3CCCN(C)C3)c3cncn3c2-c2ccc3c(c2)CCC(=O)N3C)cc1. The lowest BCUT2D eigenvalue weighted by molar-refractivity contribution is -0.118. The molecule has 0 saturated carbocycles. The van der Waals surface area contributed by atoms with Gasteiger partial charge in [0, 0.05) is 37.2 Å². The van der Waals surface area contributed by atoms with E-state index in [2.05, 4.69) is 27.8 Å². The molecule has 2 aromatic heterocycles. The molecule has 1 saturated heterocycles. The van der Waals surface area contributed by atoms with E-state index in [0.717, 1.165) is 58.8 Å². The monoisotopic (exact) mass is 506 g/mol. The second kappa shape index (κ2) is 9.92. The number of fused-ring (bicyclic) bond motifs is 2. The van der Waals surface area contributed by atoms with Crippen LogP contribution in [0.3, 0.4) is 0 Å². The maximum atomic E-state index is 12.2. The van der Waals surface area contributed by atoms with Gasteiger partial charge in [-0.05, 0) is 56.1 Å². The second-order valence-electron chi connectivity index (χ2n) is 10.3. The Morgan fingerprint density at radius 3 is 2.71 bits per heavy atom. The van der Waals surface area contributed by atoms with Crippen molar-refractivity contribution in [2.24, 2.45) is 5.92 Å². The first-order valence-electron chi connectivity index (χ1n) is 13.1. The molecule has 0 spiro atoms. The number of piperidine rings is 1. The number of nitrogens with zero attached hydrogens (tertiary/aromatic N) is 6. The fourth-order valence-corrected chi connectivity index (χ4v) is 5.64. The molecular formula is C30H30N6O2. The topological polar surface area (TPSA) is 67.3 Å². The van der Waals surface area contributed by atoms with Crippen LogP contribution in [-0.4, -0.2) is 59.0 Å². The summed E-state index contributed by atoms with van der Waals surface area (Å²) in [5.74, 6) is 1.15. The molecule has 4 aromatic rings. The van der Waals surface area contributed by atoms with Crippen LogP contribution in [-0.2, 0) is 11.2 Å². The third-order valence-electron chi connectivity index (χ3n) is 7.68. The van der Waals surface area contributed by atoms with Gasteiger partial charge in [-0.25, -0.2) is 14.8 Å². The van der Waals surface area contributed by atoms with Gasteiger partial charge in [0.25, 0.3) is 0 Å². The number of hydrogen-bond acceptors (Lipinski definition) is 5. The lowest BCUT2D eigenvalue weighted by atomic mass is 9.96. The van der Waals surface area contributed by atoms with Crippen LogP contribution >= 0.6 is 0 Å². The van der Waals surface area contributed by atoms with Crippen molar-refractivity contribution in [1.29, 1.82) is 0 Å². The maximum Gasteiger partial charge on any atom is 0.240 e. The Kier molecular flexibility index (Phi) is 6.30. The van der Waals surface area contributed by atoms with E-state index in [-0.39, 0.29) is 5.91 Å². The van der Waals surface area contributed by atoms with Crippen LogP contribution < -0.4 is 9.64 Å². The van der Waals surface area contributed by atoms with Gasteiger partial charge in [0.15, 0.2) is 5.69 Å². The van der Waals surface area contributed by atoms with Crippen LogP contribution in [0.15, 0.2) is 55.0 Å². The number of rotatable bonds is 5. The summed E-state index contributed by atoms with van der Waals surface area (Å²) in [7, 11) is 3.99. The van der Waals surface area contributed by atoms with Gasteiger partial charge < -0.3 is 14.5 Å². The highest BCUT2D eigenvalue weighted by atomic mass is 16.5. The molecular weight excluding hydrogens is 476 g/mol. The molecule has 0 radical (unpaired) electrons. The van der Waals surface area contributed by atoms with E-state index >= 15 is 0 Å². The highest BCUT2D eigenvalue weighted by Crippen LogP contribution is 2.38. The summed E-state index contributed by atoms with van der Waals surface area (Å²) in [6, 6.07) is 13.7. The fourth-order valence-electron chi connectivity index (χ4n) is 5.64. The molecule has 0 N–H and O–H groups in total. The lowest BCUT2D eigenvalue weighted by Gasteiger charge is -2.29. The third kappa shape index (κ3) is 4.39. The van der Waals surface area contributed by atoms with Crippen molar-refractivity contribution >= 4 is 22.8 Å². The first-order valence-corrected chi connectivity index (χ1v) is 13.1. The van der Waals surface area contributed by atoms with E-state index in [0.29, 0.717) is 36.9 Å². The van der Waals surface area contributed by atoms with Crippen molar-refractivity contribution in [1.82, 2.24) is 19.3 Å². The summed E-state index contributed by atoms with van der Waals surface area (Å²) in [6.45, 7) is 10.1. The first kappa shape index (κ1) is 24.1. The number of carbonyl (C=O) groups excluding carboxylic acids is 1. The molecule has 0 bridgehead atoms. The van der Waals surface area contributed by atoms with Gasteiger partial charge in [0.2, 0.25) is 11.8 Å². The number of benzene rings is 2. The Balaban J connectivity index is 1.47. The number of aryl methyl sites for hydroxylation is 1. The predicted molar refractivity (Wildman–Crippen MR) is 148 cm³/mol. The second-order valence-corrected chi connectivity index (χ2v) is 10.3. The van der Waals surface area contributed by atoms with Crippen LogP contribution in [0.2, 0.25) is 0 Å². The van der Waals surface area contributed by atoms with Crippen LogP contribution in [0.5, 0.6) is 5.88 Å². The largest absolute Gasteiger partial charge is 0.476 e. The molecule has 2 aliphatic heterocycles. The molecule has 0 aliphatic carbocycles. The summed E-state index contributed by atoms with van der Waals surface area (Å²) in [6.07, 6.45) is 7.14. The van der Waals surface area contributed by atoms with Gasteiger partial charge in [-0.15, -0.1) is 0 Å². The first-order chi connectivity index (χ1) is 18.5. The number of carbonyl (C=O) groups is 1. The average molecular weight is 507 g/mol. The smallest absolute Gasteiger partial charge is 0.240 e. The van der Waals surface area contributed by atoms with Crippen molar-refractivity contribution in [2.45, 2.75) is 25.7 Å². The Morgan fingerprint density at radius 1 is 1.11 bits per heavy atom. The summed E-state index contributed by atoms with van der Waals surface area (Å²) in [4.78, 5) is 29.4. The molecule has 0 unspecified atom stereocenters. The van der Waals surface area contributed by atoms with Gasteiger partial charge in [-0.3, -0.25) is 9.20 Å². The molecule has 192 valence electrons. The summed E-state index contributed by atoms with van der Waals surface area (Å²) >= 11 is 0. The number of ether oxygens (including phenoxy) is 1. The molecule has 2 aromatic carbocycles. The van der Waals surface area contributed by atoms with Crippen LogP contribution in [0.25, 0.3) is 32.9 Å². The third-order valence-corrected chi connectivity index (χ3v) is 7.68. The number of amides is 1. The van der Waals surface area contributed by atoms with Crippen LogP contribution in [0, 0.1) is 12.5 Å². The van der Waals surface area contributed by atoms with Crippen molar-refractivity contribution < 1.29 is 9.53 Å². The highest BCUT2D eigenvalue weighted by Gasteiger charge is 2.25.